The van der Waals surface area contributed by atoms with Crippen LogP contribution in [0.1, 0.15) is 26.7 Å². The van der Waals surface area contributed by atoms with Crippen molar-refractivity contribution < 1.29 is 17.7 Å². The minimum atomic E-state index is -3.37. The zero-order valence-electron chi connectivity index (χ0n) is 15.9. The smallest absolute Gasteiger partial charge is 0.258 e. The Hall–Kier alpha value is -2.87. The van der Waals surface area contributed by atoms with Crippen LogP contribution in [-0.2, 0) is 10.0 Å². The van der Waals surface area contributed by atoms with Gasteiger partial charge in [-0.15, -0.1) is 0 Å². The quantitative estimate of drug-likeness (QED) is 0.573. The zero-order chi connectivity index (χ0) is 20.0. The molecule has 0 spiro atoms. The highest BCUT2D eigenvalue weighted by Gasteiger charge is 2.13. The molecule has 2 aromatic carbocycles. The van der Waals surface area contributed by atoms with E-state index in [9.17, 15) is 8.42 Å². The monoisotopic (exact) mass is 401 g/mol. The fourth-order valence-electron chi connectivity index (χ4n) is 2.61. The molecule has 148 valence electrons. The molecule has 3 aromatic rings. The van der Waals surface area contributed by atoms with E-state index >= 15 is 0 Å². The Morgan fingerprint density at radius 2 is 1.86 bits per heavy atom. The van der Waals surface area contributed by atoms with Crippen LogP contribution in [-0.4, -0.2) is 30.9 Å². The zero-order valence-corrected chi connectivity index (χ0v) is 16.7. The van der Waals surface area contributed by atoms with Crippen molar-refractivity contribution in [3.8, 4) is 28.6 Å². The first-order valence-electron chi connectivity index (χ1n) is 9.18. The van der Waals surface area contributed by atoms with Gasteiger partial charge in [-0.2, -0.15) is 4.98 Å². The van der Waals surface area contributed by atoms with Gasteiger partial charge in [0, 0.05) is 16.8 Å². The van der Waals surface area contributed by atoms with Crippen LogP contribution < -0.4 is 9.46 Å². The fraction of sp³-hybridized carbons (Fsp3) is 0.300. The van der Waals surface area contributed by atoms with Gasteiger partial charge in [-0.05, 0) is 49.7 Å². The summed E-state index contributed by atoms with van der Waals surface area (Å²) < 4.78 is 37.6. The predicted octanol–water partition coefficient (Wildman–Crippen LogP) is 4.34. The second kappa shape index (κ2) is 8.88. The highest BCUT2D eigenvalue weighted by Crippen LogP contribution is 2.26. The molecule has 7 nitrogen and oxygen atoms in total. The molecular weight excluding hydrogens is 378 g/mol. The normalized spacial score (nSPS) is 11.4. The van der Waals surface area contributed by atoms with Crippen LogP contribution in [0.3, 0.4) is 0 Å². The van der Waals surface area contributed by atoms with Crippen molar-refractivity contribution in [1.29, 1.82) is 0 Å². The molecule has 28 heavy (non-hydrogen) atoms. The molecule has 3 rings (SSSR count). The molecule has 1 aromatic heterocycles. The molecule has 0 aliphatic heterocycles. The topological polar surface area (TPSA) is 94.3 Å². The predicted molar refractivity (Wildman–Crippen MR) is 109 cm³/mol. The summed E-state index contributed by atoms with van der Waals surface area (Å²) in [5.74, 6) is 1.64. The van der Waals surface area contributed by atoms with E-state index in [1.165, 1.54) is 0 Å². The number of nitrogens with zero attached hydrogens (tertiary/aromatic N) is 2. The summed E-state index contributed by atoms with van der Waals surface area (Å²) in [7, 11) is -3.37. The lowest BCUT2D eigenvalue weighted by Crippen LogP contribution is -2.16. The third-order valence-corrected chi connectivity index (χ3v) is 5.37. The lowest BCUT2D eigenvalue weighted by molar-refractivity contribution is 0.340. The molecule has 0 aliphatic carbocycles. The van der Waals surface area contributed by atoms with Gasteiger partial charge >= 0.3 is 0 Å². The standard InChI is InChI=1S/C20H23N3O4S/c1-3-5-13-28(24,25)23-17-8-6-7-16(14-17)19-21-20(27-22-19)15-9-11-18(12-10-15)26-4-2/h6-12,14,23H,3-5,13H2,1-2H3. The van der Waals surface area contributed by atoms with Gasteiger partial charge in [-0.25, -0.2) is 8.42 Å². The summed E-state index contributed by atoms with van der Waals surface area (Å²) >= 11 is 0. The first-order valence-corrected chi connectivity index (χ1v) is 10.8. The van der Waals surface area contributed by atoms with E-state index in [2.05, 4.69) is 14.9 Å². The van der Waals surface area contributed by atoms with Crippen molar-refractivity contribution in [2.45, 2.75) is 26.7 Å². The first kappa shape index (κ1) is 19.9. The molecular formula is C20H23N3O4S. The van der Waals surface area contributed by atoms with Gasteiger partial charge in [0.05, 0.1) is 12.4 Å². The lowest BCUT2D eigenvalue weighted by Gasteiger charge is -2.08. The average molecular weight is 401 g/mol. The lowest BCUT2D eigenvalue weighted by atomic mass is 10.2. The van der Waals surface area contributed by atoms with Crippen LogP contribution in [0.25, 0.3) is 22.8 Å². The number of hydrogen-bond donors (Lipinski definition) is 1. The summed E-state index contributed by atoms with van der Waals surface area (Å²) in [6, 6.07) is 14.3. The maximum absolute atomic E-state index is 12.1. The van der Waals surface area contributed by atoms with E-state index < -0.39 is 10.0 Å². The average Bonchev–Trinajstić information content (AvgIpc) is 3.17. The number of sulfonamides is 1. The summed E-state index contributed by atoms with van der Waals surface area (Å²) in [5, 5.41) is 4.01. The summed E-state index contributed by atoms with van der Waals surface area (Å²) in [5.41, 5.74) is 1.91. The van der Waals surface area contributed by atoms with Gasteiger partial charge in [-0.3, -0.25) is 4.72 Å². The maximum atomic E-state index is 12.1. The van der Waals surface area contributed by atoms with Crippen LogP contribution in [0.5, 0.6) is 5.75 Å². The number of hydrogen-bond acceptors (Lipinski definition) is 6. The second-order valence-electron chi connectivity index (χ2n) is 6.24. The van der Waals surface area contributed by atoms with E-state index in [0.29, 0.717) is 36.0 Å². The molecule has 0 atom stereocenters. The molecule has 0 amide bonds. The van der Waals surface area contributed by atoms with E-state index in [-0.39, 0.29) is 5.75 Å². The van der Waals surface area contributed by atoms with E-state index in [0.717, 1.165) is 17.7 Å². The van der Waals surface area contributed by atoms with Gasteiger partial charge in [-0.1, -0.05) is 30.6 Å². The first-order chi connectivity index (χ1) is 13.5. The van der Waals surface area contributed by atoms with Crippen molar-refractivity contribution >= 4 is 15.7 Å². The minimum absolute atomic E-state index is 0.0951. The number of benzene rings is 2. The molecule has 8 heteroatoms. The van der Waals surface area contributed by atoms with Gasteiger partial charge in [0.1, 0.15) is 5.75 Å². The summed E-state index contributed by atoms with van der Waals surface area (Å²) in [6.45, 7) is 4.48. The Kier molecular flexibility index (Phi) is 6.30. The summed E-state index contributed by atoms with van der Waals surface area (Å²) in [4.78, 5) is 4.42. The molecule has 0 saturated carbocycles. The van der Waals surface area contributed by atoms with E-state index in [1.54, 1.807) is 24.3 Å². The Bertz CT molecular complexity index is 1010. The molecule has 0 radical (unpaired) electrons. The second-order valence-corrected chi connectivity index (χ2v) is 8.08. The van der Waals surface area contributed by atoms with Gasteiger partial charge in [0.15, 0.2) is 0 Å². The Labute approximate surface area is 164 Å². The molecule has 0 bridgehead atoms. The molecule has 0 fully saturated rings. The summed E-state index contributed by atoms with van der Waals surface area (Å²) in [6.07, 6.45) is 1.43. The van der Waals surface area contributed by atoms with Crippen LogP contribution in [0.2, 0.25) is 0 Å². The number of aromatic nitrogens is 2. The number of unbranched alkanes of at least 4 members (excludes halogenated alkanes) is 1. The molecule has 0 aliphatic rings. The Morgan fingerprint density at radius 1 is 1.07 bits per heavy atom. The third-order valence-electron chi connectivity index (χ3n) is 4.00. The van der Waals surface area contributed by atoms with Gasteiger partial charge < -0.3 is 9.26 Å². The van der Waals surface area contributed by atoms with Crippen molar-refractivity contribution in [1.82, 2.24) is 10.1 Å². The number of rotatable bonds is 9. The highest BCUT2D eigenvalue weighted by atomic mass is 32.2. The fourth-order valence-corrected chi connectivity index (χ4v) is 3.86. The van der Waals surface area contributed by atoms with E-state index in [4.69, 9.17) is 9.26 Å². The van der Waals surface area contributed by atoms with Crippen molar-refractivity contribution in [2.75, 3.05) is 17.1 Å². The largest absolute Gasteiger partial charge is 0.494 e. The maximum Gasteiger partial charge on any atom is 0.258 e. The molecule has 1 heterocycles. The van der Waals surface area contributed by atoms with Crippen molar-refractivity contribution in [3.05, 3.63) is 48.5 Å². The van der Waals surface area contributed by atoms with Crippen molar-refractivity contribution in [2.24, 2.45) is 0 Å². The van der Waals surface area contributed by atoms with Gasteiger partial charge in [0.2, 0.25) is 15.8 Å². The van der Waals surface area contributed by atoms with Crippen molar-refractivity contribution in [3.63, 3.8) is 0 Å². The van der Waals surface area contributed by atoms with E-state index in [1.807, 2.05) is 38.1 Å². The number of nitrogens with one attached hydrogen (secondary N) is 1. The Morgan fingerprint density at radius 3 is 2.57 bits per heavy atom. The van der Waals surface area contributed by atoms with Crippen LogP contribution >= 0.6 is 0 Å². The van der Waals surface area contributed by atoms with Gasteiger partial charge in [0.25, 0.3) is 5.89 Å². The number of anilines is 1. The SMILES string of the molecule is CCCCS(=O)(=O)Nc1cccc(-c2noc(-c3ccc(OCC)cc3)n2)c1. The third kappa shape index (κ3) is 5.10. The Balaban J connectivity index is 1.78. The molecule has 0 unspecified atom stereocenters. The van der Waals surface area contributed by atoms with Crippen LogP contribution in [0.15, 0.2) is 53.1 Å². The highest BCUT2D eigenvalue weighted by molar-refractivity contribution is 7.92. The molecule has 0 saturated heterocycles. The van der Waals surface area contributed by atoms with Crippen LogP contribution in [0, 0.1) is 0 Å². The minimum Gasteiger partial charge on any atom is -0.494 e. The van der Waals surface area contributed by atoms with Crippen LogP contribution in [0.4, 0.5) is 5.69 Å². The number of ether oxygens (including phenoxy) is 1. The molecule has 1 N–H and O–H groups in total.